The molecule has 0 aliphatic heterocycles. The fourth-order valence-corrected chi connectivity index (χ4v) is 2.76. The van der Waals surface area contributed by atoms with Gasteiger partial charge in [0.05, 0.1) is 35.6 Å². The van der Waals surface area contributed by atoms with E-state index in [2.05, 4.69) is 15.0 Å². The quantitative estimate of drug-likeness (QED) is 0.375. The highest BCUT2D eigenvalue weighted by Gasteiger charge is 2.15. The fraction of sp³-hybridized carbons (Fsp3) is 0.190. The molecule has 7 nitrogen and oxygen atoms in total. The molecule has 0 atom stereocenters. The molecular formula is C21H16ClF2N3O4. The zero-order valence-electron chi connectivity index (χ0n) is 16.3. The molecule has 0 bridgehead atoms. The summed E-state index contributed by atoms with van der Waals surface area (Å²) in [5.41, 5.74) is 0.560. The molecule has 160 valence electrons. The molecule has 0 aliphatic rings. The van der Waals surface area contributed by atoms with E-state index in [9.17, 15) is 18.4 Å². The minimum atomic E-state index is -0.789. The van der Waals surface area contributed by atoms with Crippen LogP contribution >= 0.6 is 11.6 Å². The van der Waals surface area contributed by atoms with E-state index in [1.54, 1.807) is 6.92 Å². The Morgan fingerprint density at radius 2 is 1.90 bits per heavy atom. The molecule has 0 radical (unpaired) electrons. The Morgan fingerprint density at radius 3 is 2.61 bits per heavy atom. The largest absolute Gasteiger partial charge is 0.466 e. The average Bonchev–Trinajstić information content (AvgIpc) is 2.70. The van der Waals surface area contributed by atoms with Gasteiger partial charge in [0.15, 0.2) is 5.82 Å². The molecule has 1 aromatic carbocycles. The lowest BCUT2D eigenvalue weighted by Crippen LogP contribution is -2.13. The summed E-state index contributed by atoms with van der Waals surface area (Å²) in [4.78, 5) is 35.3. The van der Waals surface area contributed by atoms with Crippen molar-refractivity contribution >= 4 is 23.4 Å². The molecule has 0 saturated heterocycles. The first-order valence-corrected chi connectivity index (χ1v) is 9.50. The third-order valence-electron chi connectivity index (χ3n) is 3.91. The lowest BCUT2D eigenvalue weighted by atomic mass is 10.1. The fourth-order valence-electron chi connectivity index (χ4n) is 2.61. The highest BCUT2D eigenvalue weighted by molar-refractivity contribution is 6.30. The van der Waals surface area contributed by atoms with Crippen LogP contribution in [0.25, 0.3) is 11.3 Å². The summed E-state index contributed by atoms with van der Waals surface area (Å²) in [6.45, 7) is 1.83. The number of halogens is 3. The van der Waals surface area contributed by atoms with E-state index < -0.39 is 23.4 Å². The van der Waals surface area contributed by atoms with Crippen LogP contribution in [0, 0.1) is 11.6 Å². The highest BCUT2D eigenvalue weighted by Crippen LogP contribution is 2.28. The Morgan fingerprint density at radius 1 is 1.10 bits per heavy atom. The van der Waals surface area contributed by atoms with E-state index in [1.165, 1.54) is 30.7 Å². The SMILES string of the molecule is CCOC(=O)CC(=O)Cc1cncc(-c2ccc(Oc3ncc(Cl)cc3F)cc2F)n1. The second kappa shape index (κ2) is 10.0. The molecule has 0 fully saturated rings. The Kier molecular flexibility index (Phi) is 7.19. The lowest BCUT2D eigenvalue weighted by Gasteiger charge is -2.09. The minimum Gasteiger partial charge on any atom is -0.466 e. The van der Waals surface area contributed by atoms with Crippen molar-refractivity contribution in [1.82, 2.24) is 15.0 Å². The number of esters is 1. The predicted octanol–water partition coefficient (Wildman–Crippen LogP) is 4.33. The first-order valence-electron chi connectivity index (χ1n) is 9.12. The van der Waals surface area contributed by atoms with Gasteiger partial charge in [0.2, 0.25) is 0 Å². The summed E-state index contributed by atoms with van der Waals surface area (Å²) < 4.78 is 38.4. The minimum absolute atomic E-state index is 0.0173. The van der Waals surface area contributed by atoms with Crippen molar-refractivity contribution in [3.05, 3.63) is 65.2 Å². The monoisotopic (exact) mass is 447 g/mol. The number of ether oxygens (including phenoxy) is 2. The van der Waals surface area contributed by atoms with Crippen molar-refractivity contribution in [2.75, 3.05) is 6.61 Å². The second-order valence-corrected chi connectivity index (χ2v) is 6.71. The highest BCUT2D eigenvalue weighted by atomic mass is 35.5. The normalized spacial score (nSPS) is 10.6. The number of Topliss-reactive ketones (excluding diaryl/α,β-unsaturated/α-hetero) is 1. The first kappa shape index (κ1) is 22.2. The van der Waals surface area contributed by atoms with Gasteiger partial charge in [-0.25, -0.2) is 18.7 Å². The van der Waals surface area contributed by atoms with Gasteiger partial charge in [-0.1, -0.05) is 11.6 Å². The van der Waals surface area contributed by atoms with E-state index >= 15 is 0 Å². The van der Waals surface area contributed by atoms with Crippen molar-refractivity contribution in [3.8, 4) is 22.9 Å². The molecule has 2 aromatic heterocycles. The molecule has 3 rings (SSSR count). The topological polar surface area (TPSA) is 91.3 Å². The number of pyridine rings is 1. The molecular weight excluding hydrogens is 432 g/mol. The molecule has 0 N–H and O–H groups in total. The summed E-state index contributed by atoms with van der Waals surface area (Å²) in [7, 11) is 0. The van der Waals surface area contributed by atoms with Gasteiger partial charge < -0.3 is 9.47 Å². The number of rotatable bonds is 8. The number of hydrogen-bond acceptors (Lipinski definition) is 7. The zero-order valence-corrected chi connectivity index (χ0v) is 17.0. The predicted molar refractivity (Wildman–Crippen MR) is 107 cm³/mol. The number of aromatic nitrogens is 3. The van der Waals surface area contributed by atoms with Crippen LogP contribution in [0.2, 0.25) is 5.02 Å². The van der Waals surface area contributed by atoms with E-state index in [0.29, 0.717) is 0 Å². The molecule has 10 heteroatoms. The molecule has 0 unspecified atom stereocenters. The number of carbonyl (C=O) groups excluding carboxylic acids is 2. The van der Waals surface area contributed by atoms with E-state index in [4.69, 9.17) is 21.1 Å². The third-order valence-corrected chi connectivity index (χ3v) is 4.12. The van der Waals surface area contributed by atoms with Crippen molar-refractivity contribution in [2.45, 2.75) is 19.8 Å². The van der Waals surface area contributed by atoms with Crippen LogP contribution in [-0.4, -0.2) is 33.3 Å². The number of hydrogen-bond donors (Lipinski definition) is 0. The van der Waals surface area contributed by atoms with Crippen LogP contribution in [0.5, 0.6) is 11.6 Å². The van der Waals surface area contributed by atoms with Gasteiger partial charge in [0, 0.05) is 24.0 Å². The Labute approximate surface area is 181 Å². The molecule has 0 spiro atoms. The van der Waals surface area contributed by atoms with Crippen molar-refractivity contribution in [1.29, 1.82) is 0 Å². The molecule has 3 aromatic rings. The summed E-state index contributed by atoms with van der Waals surface area (Å²) in [6, 6.07) is 4.87. The number of ketones is 1. The smallest absolute Gasteiger partial charge is 0.313 e. The van der Waals surface area contributed by atoms with Gasteiger partial charge in [-0.15, -0.1) is 0 Å². The Hall–Kier alpha value is -3.46. The molecule has 0 aliphatic carbocycles. The standard InChI is InChI=1S/C21H16ClF2N3O4/c1-2-30-20(29)7-14(28)6-13-10-25-11-19(27-13)16-4-3-15(8-17(16)23)31-21-18(24)5-12(22)9-26-21/h3-5,8-11H,2,6-7H2,1H3. The van der Waals surface area contributed by atoms with E-state index in [0.717, 1.165) is 12.1 Å². The van der Waals surface area contributed by atoms with Gasteiger partial charge >= 0.3 is 5.97 Å². The van der Waals surface area contributed by atoms with Crippen molar-refractivity contribution < 1.29 is 27.8 Å². The van der Waals surface area contributed by atoms with Crippen LogP contribution in [0.1, 0.15) is 19.0 Å². The maximum atomic E-state index is 14.6. The third kappa shape index (κ3) is 6.02. The van der Waals surface area contributed by atoms with Gasteiger partial charge in [0.1, 0.15) is 23.8 Å². The van der Waals surface area contributed by atoms with Gasteiger partial charge in [-0.3, -0.25) is 14.6 Å². The number of carbonyl (C=O) groups is 2. The Balaban J connectivity index is 1.75. The van der Waals surface area contributed by atoms with Gasteiger partial charge in [0.25, 0.3) is 5.88 Å². The van der Waals surface area contributed by atoms with Crippen LogP contribution in [0.15, 0.2) is 42.9 Å². The molecule has 0 amide bonds. The van der Waals surface area contributed by atoms with Crippen LogP contribution in [0.4, 0.5) is 8.78 Å². The molecule has 0 saturated carbocycles. The first-order chi connectivity index (χ1) is 14.9. The summed E-state index contributed by atoms with van der Waals surface area (Å²) >= 11 is 5.64. The summed E-state index contributed by atoms with van der Waals surface area (Å²) in [6.07, 6.45) is 3.37. The van der Waals surface area contributed by atoms with Crippen LogP contribution in [-0.2, 0) is 20.7 Å². The van der Waals surface area contributed by atoms with Crippen LogP contribution < -0.4 is 4.74 Å². The van der Waals surface area contributed by atoms with Gasteiger partial charge in [-0.05, 0) is 25.1 Å². The van der Waals surface area contributed by atoms with E-state index in [1.807, 2.05) is 0 Å². The summed E-state index contributed by atoms with van der Waals surface area (Å²) in [5, 5.41) is 0.102. The van der Waals surface area contributed by atoms with Crippen molar-refractivity contribution in [2.24, 2.45) is 0 Å². The second-order valence-electron chi connectivity index (χ2n) is 6.28. The molecule has 2 heterocycles. The van der Waals surface area contributed by atoms with Crippen LogP contribution in [0.3, 0.4) is 0 Å². The Bertz CT molecular complexity index is 1130. The lowest BCUT2D eigenvalue weighted by molar-refractivity contribution is -0.145. The van der Waals surface area contributed by atoms with Crippen molar-refractivity contribution in [3.63, 3.8) is 0 Å². The van der Waals surface area contributed by atoms with E-state index in [-0.39, 0.29) is 53.1 Å². The zero-order chi connectivity index (χ0) is 22.4. The average molecular weight is 448 g/mol. The number of nitrogens with zero attached hydrogens (tertiary/aromatic N) is 3. The molecule has 31 heavy (non-hydrogen) atoms. The summed E-state index contributed by atoms with van der Waals surface area (Å²) in [5.74, 6) is -2.84. The number of benzene rings is 1. The maximum Gasteiger partial charge on any atom is 0.313 e. The van der Waals surface area contributed by atoms with Gasteiger partial charge in [-0.2, -0.15) is 0 Å². The maximum absolute atomic E-state index is 14.6.